The Kier molecular flexibility index (Phi) is 5.43. The fourth-order valence-electron chi connectivity index (χ4n) is 0.611. The van der Waals surface area contributed by atoms with Crippen LogP contribution in [0.2, 0.25) is 0 Å². The molecule has 0 aromatic rings. The molecule has 0 rings (SSSR count). The van der Waals surface area contributed by atoms with Gasteiger partial charge in [0.25, 0.3) is 0 Å². The van der Waals surface area contributed by atoms with Gasteiger partial charge in [-0.25, -0.2) is 0 Å². The van der Waals surface area contributed by atoms with E-state index in [0.717, 1.165) is 12.2 Å². The van der Waals surface area contributed by atoms with Crippen molar-refractivity contribution in [3.63, 3.8) is 0 Å². The summed E-state index contributed by atoms with van der Waals surface area (Å²) in [5.74, 6) is 0.572. The van der Waals surface area contributed by atoms with Crippen LogP contribution in [0.25, 0.3) is 0 Å². The predicted molar refractivity (Wildman–Crippen MR) is 44.8 cm³/mol. The molecule has 0 aliphatic heterocycles. The first-order chi connectivity index (χ1) is 4.72. The Morgan fingerprint density at radius 3 is 2.60 bits per heavy atom. The number of nitrogens with two attached hydrogens (primary N) is 2. The molecule has 1 unspecified atom stereocenters. The zero-order chi connectivity index (χ0) is 7.98. The smallest absolute Gasteiger partial charge is 0.230 e. The molecular formula is C6H14N2OS. The highest BCUT2D eigenvalue weighted by molar-refractivity contribution is 8.00. The summed E-state index contributed by atoms with van der Waals surface area (Å²) >= 11 is 1.53. The summed E-state index contributed by atoms with van der Waals surface area (Å²) in [4.78, 5) is 10.6. The number of rotatable bonds is 5. The van der Waals surface area contributed by atoms with E-state index in [1.54, 1.807) is 0 Å². The molecule has 0 aliphatic carbocycles. The summed E-state index contributed by atoms with van der Waals surface area (Å²) in [7, 11) is 0. The highest BCUT2D eigenvalue weighted by atomic mass is 32.2. The molecule has 60 valence electrons. The van der Waals surface area contributed by atoms with Crippen LogP contribution in [-0.4, -0.2) is 23.5 Å². The zero-order valence-electron chi connectivity index (χ0n) is 6.17. The lowest BCUT2D eigenvalue weighted by atomic mass is 10.3. The molecule has 0 aromatic carbocycles. The number of carbonyl (C=O) groups excluding carboxylic acids is 1. The van der Waals surface area contributed by atoms with Crippen LogP contribution >= 0.6 is 11.8 Å². The minimum Gasteiger partial charge on any atom is -0.369 e. The largest absolute Gasteiger partial charge is 0.369 e. The van der Waals surface area contributed by atoms with Crippen molar-refractivity contribution < 1.29 is 4.79 Å². The Labute approximate surface area is 65.5 Å². The SMILES string of the molecule is CCC(SCCN)C(N)=O. The van der Waals surface area contributed by atoms with Crippen LogP contribution in [0.1, 0.15) is 13.3 Å². The van der Waals surface area contributed by atoms with E-state index in [1.807, 2.05) is 6.92 Å². The van der Waals surface area contributed by atoms with Gasteiger partial charge >= 0.3 is 0 Å². The van der Waals surface area contributed by atoms with Crippen molar-refractivity contribution in [2.24, 2.45) is 11.5 Å². The van der Waals surface area contributed by atoms with Crippen molar-refractivity contribution in [3.05, 3.63) is 0 Å². The molecule has 0 fully saturated rings. The summed E-state index contributed by atoms with van der Waals surface area (Å²) < 4.78 is 0. The Hall–Kier alpha value is -0.220. The Balaban J connectivity index is 3.50. The van der Waals surface area contributed by atoms with E-state index in [0.29, 0.717) is 6.54 Å². The van der Waals surface area contributed by atoms with Crippen LogP contribution in [0.5, 0.6) is 0 Å². The maximum absolute atomic E-state index is 10.6. The Bertz CT molecular complexity index is 108. The van der Waals surface area contributed by atoms with E-state index in [1.165, 1.54) is 11.8 Å². The van der Waals surface area contributed by atoms with Gasteiger partial charge in [0.1, 0.15) is 0 Å². The van der Waals surface area contributed by atoms with Crippen LogP contribution in [0, 0.1) is 0 Å². The van der Waals surface area contributed by atoms with E-state index in [-0.39, 0.29) is 11.2 Å². The number of amides is 1. The predicted octanol–water partition coefficient (Wildman–Crippen LogP) is -0.0578. The quantitative estimate of drug-likeness (QED) is 0.595. The van der Waals surface area contributed by atoms with Crippen LogP contribution in [0.3, 0.4) is 0 Å². The molecule has 3 nitrogen and oxygen atoms in total. The van der Waals surface area contributed by atoms with Crippen molar-refractivity contribution in [2.75, 3.05) is 12.3 Å². The normalized spacial score (nSPS) is 13.0. The molecule has 1 atom stereocenters. The van der Waals surface area contributed by atoms with Gasteiger partial charge in [-0.3, -0.25) is 4.79 Å². The molecular weight excluding hydrogens is 148 g/mol. The molecule has 0 aromatic heterocycles. The van der Waals surface area contributed by atoms with E-state index >= 15 is 0 Å². The fourth-order valence-corrected chi connectivity index (χ4v) is 1.43. The minimum atomic E-state index is -0.235. The molecule has 0 aliphatic rings. The summed E-state index contributed by atoms with van der Waals surface area (Å²) in [6.07, 6.45) is 0.792. The number of carbonyl (C=O) groups is 1. The topological polar surface area (TPSA) is 69.1 Å². The van der Waals surface area contributed by atoms with Gasteiger partial charge in [-0.05, 0) is 6.42 Å². The molecule has 0 heterocycles. The van der Waals surface area contributed by atoms with Gasteiger partial charge in [0.15, 0.2) is 0 Å². The summed E-state index contributed by atoms with van der Waals surface area (Å²) in [6, 6.07) is 0. The molecule has 1 amide bonds. The van der Waals surface area contributed by atoms with Crippen molar-refractivity contribution >= 4 is 17.7 Å². The first-order valence-corrected chi connectivity index (χ1v) is 4.38. The first-order valence-electron chi connectivity index (χ1n) is 3.33. The maximum Gasteiger partial charge on any atom is 0.230 e. The highest BCUT2D eigenvalue weighted by Crippen LogP contribution is 2.12. The second-order valence-electron chi connectivity index (χ2n) is 1.96. The van der Waals surface area contributed by atoms with Crippen molar-refractivity contribution in [1.82, 2.24) is 0 Å². The lowest BCUT2D eigenvalue weighted by Gasteiger charge is -2.07. The number of hydrogen-bond acceptors (Lipinski definition) is 3. The monoisotopic (exact) mass is 162 g/mol. The molecule has 0 spiro atoms. The van der Waals surface area contributed by atoms with Gasteiger partial charge in [0, 0.05) is 12.3 Å². The summed E-state index contributed by atoms with van der Waals surface area (Å²) in [5, 5.41) is -0.0523. The molecule has 0 saturated heterocycles. The Morgan fingerprint density at radius 2 is 2.30 bits per heavy atom. The van der Waals surface area contributed by atoms with Gasteiger partial charge < -0.3 is 11.5 Å². The third-order valence-corrected chi connectivity index (χ3v) is 2.56. The second-order valence-corrected chi connectivity index (χ2v) is 3.27. The van der Waals surface area contributed by atoms with Crippen LogP contribution in [0.4, 0.5) is 0 Å². The van der Waals surface area contributed by atoms with Crippen LogP contribution in [-0.2, 0) is 4.79 Å². The van der Waals surface area contributed by atoms with Gasteiger partial charge in [0.2, 0.25) is 5.91 Å². The lowest BCUT2D eigenvalue weighted by Crippen LogP contribution is -2.26. The lowest BCUT2D eigenvalue weighted by molar-refractivity contribution is -0.117. The second kappa shape index (κ2) is 5.56. The van der Waals surface area contributed by atoms with Crippen LogP contribution in [0.15, 0.2) is 0 Å². The van der Waals surface area contributed by atoms with E-state index < -0.39 is 0 Å². The number of thioether (sulfide) groups is 1. The Morgan fingerprint density at radius 1 is 1.70 bits per heavy atom. The minimum absolute atomic E-state index is 0.0523. The molecule has 10 heavy (non-hydrogen) atoms. The van der Waals surface area contributed by atoms with Crippen molar-refractivity contribution in [2.45, 2.75) is 18.6 Å². The van der Waals surface area contributed by atoms with E-state index in [2.05, 4.69) is 0 Å². The zero-order valence-corrected chi connectivity index (χ0v) is 6.99. The molecule has 4 heteroatoms. The van der Waals surface area contributed by atoms with Gasteiger partial charge in [-0.2, -0.15) is 0 Å². The molecule has 4 N–H and O–H groups in total. The summed E-state index contributed by atoms with van der Waals surface area (Å²) in [5.41, 5.74) is 10.3. The van der Waals surface area contributed by atoms with E-state index in [9.17, 15) is 4.79 Å². The number of primary amides is 1. The first kappa shape index (κ1) is 9.78. The van der Waals surface area contributed by atoms with Crippen LogP contribution < -0.4 is 11.5 Å². The standard InChI is InChI=1S/C6H14N2OS/c1-2-5(6(8)9)10-4-3-7/h5H,2-4,7H2,1H3,(H2,8,9). The average Bonchev–Trinajstić information content (AvgIpc) is 1.89. The van der Waals surface area contributed by atoms with Gasteiger partial charge in [0.05, 0.1) is 5.25 Å². The van der Waals surface area contributed by atoms with Crippen molar-refractivity contribution in [3.8, 4) is 0 Å². The van der Waals surface area contributed by atoms with Gasteiger partial charge in [-0.15, -0.1) is 11.8 Å². The fraction of sp³-hybridized carbons (Fsp3) is 0.833. The van der Waals surface area contributed by atoms with Crippen molar-refractivity contribution in [1.29, 1.82) is 0 Å². The molecule has 0 saturated carbocycles. The number of hydrogen-bond donors (Lipinski definition) is 2. The maximum atomic E-state index is 10.6. The third kappa shape index (κ3) is 3.74. The van der Waals surface area contributed by atoms with E-state index in [4.69, 9.17) is 11.5 Å². The third-order valence-electron chi connectivity index (χ3n) is 1.13. The average molecular weight is 162 g/mol. The molecule has 0 bridgehead atoms. The van der Waals surface area contributed by atoms with Gasteiger partial charge in [-0.1, -0.05) is 6.92 Å². The summed E-state index contributed by atoms with van der Waals surface area (Å²) in [6.45, 7) is 2.55. The molecule has 0 radical (unpaired) electrons. The highest BCUT2D eigenvalue weighted by Gasteiger charge is 2.11.